The van der Waals surface area contributed by atoms with Gasteiger partial charge in [-0.2, -0.15) is 4.98 Å². The number of aromatic nitrogens is 3. The van der Waals surface area contributed by atoms with Gasteiger partial charge in [0.05, 0.1) is 11.8 Å². The van der Waals surface area contributed by atoms with Crippen molar-refractivity contribution in [2.24, 2.45) is 0 Å². The highest BCUT2D eigenvalue weighted by Crippen LogP contribution is 2.25. The van der Waals surface area contributed by atoms with Gasteiger partial charge in [0.25, 0.3) is 5.89 Å². The zero-order valence-corrected chi connectivity index (χ0v) is 11.7. The molecule has 6 heteroatoms. The van der Waals surface area contributed by atoms with Crippen molar-refractivity contribution < 1.29 is 9.26 Å². The van der Waals surface area contributed by atoms with Crippen LogP contribution >= 0.6 is 0 Å². The Morgan fingerprint density at radius 3 is 2.95 bits per heavy atom. The molecule has 1 saturated heterocycles. The standard InChI is InChI=1S/C14H18N4O2/c1-10(13-5-3-4-6-15-13)18-7-12(8-18)19-9-14-16-11(2)17-20-14/h3-6,10,12H,7-9H2,1-2H3. The predicted molar refractivity (Wildman–Crippen MR) is 71.8 cm³/mol. The van der Waals surface area contributed by atoms with Crippen molar-refractivity contribution in [3.05, 3.63) is 41.8 Å². The summed E-state index contributed by atoms with van der Waals surface area (Å²) in [7, 11) is 0. The van der Waals surface area contributed by atoms with Crippen molar-refractivity contribution in [3.8, 4) is 0 Å². The molecule has 1 fully saturated rings. The molecule has 0 radical (unpaired) electrons. The van der Waals surface area contributed by atoms with Gasteiger partial charge in [-0.1, -0.05) is 11.2 Å². The Bertz CT molecular complexity index is 551. The number of likely N-dealkylation sites (tertiary alicyclic amines) is 1. The molecule has 0 aromatic carbocycles. The van der Waals surface area contributed by atoms with Gasteiger partial charge in [0.2, 0.25) is 0 Å². The summed E-state index contributed by atoms with van der Waals surface area (Å²) in [6.45, 7) is 6.17. The highest BCUT2D eigenvalue weighted by Gasteiger charge is 2.32. The molecule has 2 aromatic heterocycles. The molecule has 20 heavy (non-hydrogen) atoms. The molecular formula is C14H18N4O2. The Labute approximate surface area is 117 Å². The normalized spacial score (nSPS) is 17.9. The lowest BCUT2D eigenvalue weighted by atomic mass is 10.1. The third kappa shape index (κ3) is 2.86. The first-order valence-electron chi connectivity index (χ1n) is 6.78. The van der Waals surface area contributed by atoms with Crippen molar-refractivity contribution in [2.75, 3.05) is 13.1 Å². The molecule has 1 aliphatic heterocycles. The molecule has 0 spiro atoms. The monoisotopic (exact) mass is 274 g/mol. The summed E-state index contributed by atoms with van der Waals surface area (Å²) in [5, 5.41) is 3.74. The molecule has 6 nitrogen and oxygen atoms in total. The van der Waals surface area contributed by atoms with Gasteiger partial charge in [0, 0.05) is 25.3 Å². The van der Waals surface area contributed by atoms with Crippen molar-refractivity contribution in [3.63, 3.8) is 0 Å². The fourth-order valence-electron chi connectivity index (χ4n) is 2.29. The Morgan fingerprint density at radius 2 is 2.30 bits per heavy atom. The SMILES string of the molecule is Cc1noc(COC2CN(C(C)c3ccccn3)C2)n1. The maximum atomic E-state index is 5.74. The highest BCUT2D eigenvalue weighted by atomic mass is 16.5. The first-order chi connectivity index (χ1) is 9.72. The lowest BCUT2D eigenvalue weighted by molar-refractivity contribution is -0.0833. The van der Waals surface area contributed by atoms with Crippen LogP contribution in [0.5, 0.6) is 0 Å². The molecule has 0 saturated carbocycles. The van der Waals surface area contributed by atoms with Crippen LogP contribution < -0.4 is 0 Å². The molecule has 2 aromatic rings. The molecule has 0 N–H and O–H groups in total. The maximum Gasteiger partial charge on any atom is 0.252 e. The molecule has 1 unspecified atom stereocenters. The van der Waals surface area contributed by atoms with E-state index in [4.69, 9.17) is 9.26 Å². The number of hydrogen-bond donors (Lipinski definition) is 0. The summed E-state index contributed by atoms with van der Waals surface area (Å²) in [6.07, 6.45) is 2.06. The second kappa shape index (κ2) is 5.68. The van der Waals surface area contributed by atoms with E-state index in [1.54, 1.807) is 6.92 Å². The third-order valence-electron chi connectivity index (χ3n) is 3.55. The number of nitrogens with zero attached hydrogens (tertiary/aromatic N) is 4. The van der Waals surface area contributed by atoms with E-state index in [0.717, 1.165) is 18.8 Å². The molecule has 1 atom stereocenters. The van der Waals surface area contributed by atoms with E-state index in [-0.39, 0.29) is 6.10 Å². The molecule has 1 aliphatic rings. The number of aryl methyl sites for hydroxylation is 1. The zero-order valence-electron chi connectivity index (χ0n) is 11.7. The summed E-state index contributed by atoms with van der Waals surface area (Å²) in [5.74, 6) is 1.18. The largest absolute Gasteiger partial charge is 0.366 e. The van der Waals surface area contributed by atoms with Crippen molar-refractivity contribution in [2.45, 2.75) is 32.6 Å². The quantitative estimate of drug-likeness (QED) is 0.827. The van der Waals surface area contributed by atoms with Gasteiger partial charge in [-0.25, -0.2) is 0 Å². The summed E-state index contributed by atoms with van der Waals surface area (Å²) in [5.41, 5.74) is 1.10. The first-order valence-corrected chi connectivity index (χ1v) is 6.78. The summed E-state index contributed by atoms with van der Waals surface area (Å²) < 4.78 is 10.8. The van der Waals surface area contributed by atoms with Crippen LogP contribution in [0, 0.1) is 6.92 Å². The van der Waals surface area contributed by atoms with Crippen molar-refractivity contribution in [1.29, 1.82) is 0 Å². The molecular weight excluding hydrogens is 256 g/mol. The lowest BCUT2D eigenvalue weighted by Crippen LogP contribution is -2.52. The van der Waals surface area contributed by atoms with Gasteiger partial charge in [0.15, 0.2) is 5.82 Å². The number of pyridine rings is 1. The second-order valence-corrected chi connectivity index (χ2v) is 5.05. The van der Waals surface area contributed by atoms with Crippen molar-refractivity contribution >= 4 is 0 Å². The minimum atomic E-state index is 0.230. The molecule has 0 amide bonds. The van der Waals surface area contributed by atoms with Gasteiger partial charge in [0.1, 0.15) is 6.61 Å². The van der Waals surface area contributed by atoms with E-state index in [9.17, 15) is 0 Å². The van der Waals surface area contributed by atoms with E-state index in [2.05, 4.69) is 33.0 Å². The van der Waals surface area contributed by atoms with Crippen LogP contribution in [0.2, 0.25) is 0 Å². The average molecular weight is 274 g/mol. The van der Waals surface area contributed by atoms with Crippen LogP contribution in [-0.4, -0.2) is 39.2 Å². The van der Waals surface area contributed by atoms with Gasteiger partial charge < -0.3 is 9.26 Å². The first kappa shape index (κ1) is 13.2. The highest BCUT2D eigenvalue weighted by molar-refractivity contribution is 5.09. The van der Waals surface area contributed by atoms with Gasteiger partial charge >= 0.3 is 0 Å². The van der Waals surface area contributed by atoms with Crippen LogP contribution in [0.3, 0.4) is 0 Å². The minimum Gasteiger partial charge on any atom is -0.366 e. The molecule has 0 bridgehead atoms. The number of rotatable bonds is 5. The molecule has 106 valence electrons. The van der Waals surface area contributed by atoms with Crippen molar-refractivity contribution in [1.82, 2.24) is 20.0 Å². The summed E-state index contributed by atoms with van der Waals surface area (Å²) in [4.78, 5) is 10.8. The summed E-state index contributed by atoms with van der Waals surface area (Å²) in [6, 6.07) is 6.33. The second-order valence-electron chi connectivity index (χ2n) is 5.05. The van der Waals surface area contributed by atoms with Crippen LogP contribution in [0.4, 0.5) is 0 Å². The minimum absolute atomic E-state index is 0.230. The van der Waals surface area contributed by atoms with E-state index < -0.39 is 0 Å². The van der Waals surface area contributed by atoms with Crippen LogP contribution in [0.1, 0.15) is 30.4 Å². The Balaban J connectivity index is 1.44. The van der Waals surface area contributed by atoms with Crippen LogP contribution in [-0.2, 0) is 11.3 Å². The Hall–Kier alpha value is -1.79. The summed E-state index contributed by atoms with van der Waals surface area (Å²) >= 11 is 0. The molecule has 0 aliphatic carbocycles. The smallest absolute Gasteiger partial charge is 0.252 e. The predicted octanol–water partition coefficient (Wildman–Crippen LogP) is 1.74. The van der Waals surface area contributed by atoms with Gasteiger partial charge in [-0.05, 0) is 26.0 Å². The number of hydrogen-bond acceptors (Lipinski definition) is 6. The topological polar surface area (TPSA) is 64.3 Å². The van der Waals surface area contributed by atoms with Crippen LogP contribution in [0.25, 0.3) is 0 Å². The Morgan fingerprint density at radius 1 is 1.45 bits per heavy atom. The Kier molecular flexibility index (Phi) is 3.75. The fraction of sp³-hybridized carbons (Fsp3) is 0.500. The van der Waals surface area contributed by atoms with E-state index >= 15 is 0 Å². The van der Waals surface area contributed by atoms with E-state index in [0.29, 0.717) is 24.4 Å². The van der Waals surface area contributed by atoms with Gasteiger partial charge in [-0.15, -0.1) is 0 Å². The van der Waals surface area contributed by atoms with Crippen LogP contribution in [0.15, 0.2) is 28.9 Å². The average Bonchev–Trinajstić information content (AvgIpc) is 2.83. The van der Waals surface area contributed by atoms with E-state index in [1.807, 2.05) is 18.3 Å². The lowest BCUT2D eigenvalue weighted by Gasteiger charge is -2.42. The van der Waals surface area contributed by atoms with Gasteiger partial charge in [-0.3, -0.25) is 9.88 Å². The zero-order chi connectivity index (χ0) is 13.9. The third-order valence-corrected chi connectivity index (χ3v) is 3.55. The maximum absolute atomic E-state index is 5.74. The number of ether oxygens (including phenoxy) is 1. The van der Waals surface area contributed by atoms with E-state index in [1.165, 1.54) is 0 Å². The molecule has 3 heterocycles. The fourth-order valence-corrected chi connectivity index (χ4v) is 2.29. The molecule has 3 rings (SSSR count).